The molecule has 0 N–H and O–H groups in total. The third kappa shape index (κ3) is 3.90. The van der Waals surface area contributed by atoms with Crippen molar-refractivity contribution in [2.75, 3.05) is 0 Å². The SMILES string of the molecule is Cc1[c-]s[c-]n1.[Re].[Re]. The number of hydrogen-bond donors (Lipinski definition) is 0. The van der Waals surface area contributed by atoms with Gasteiger partial charge in [-0.05, 0) is 0 Å². The standard InChI is InChI=1S/C4H3NS.2Re/c1-4-2-6-3-5-4;;/h1H3;;/q-2;;. The Kier molecular flexibility index (Phi) is 8.90. The van der Waals surface area contributed by atoms with Crippen LogP contribution in [0.1, 0.15) is 5.69 Å². The summed E-state index contributed by atoms with van der Waals surface area (Å²) < 4.78 is 0. The maximum Gasteiger partial charge on any atom is 0 e. The van der Waals surface area contributed by atoms with Gasteiger partial charge in [-0.25, -0.2) is 0 Å². The summed E-state index contributed by atoms with van der Waals surface area (Å²) in [5, 5.41) is 2.88. The average Bonchev–Trinajstić information content (AvgIpc) is 1.86. The van der Waals surface area contributed by atoms with Gasteiger partial charge in [0.1, 0.15) is 0 Å². The van der Waals surface area contributed by atoms with E-state index >= 15 is 0 Å². The number of aryl methyl sites for hydroxylation is 1. The van der Waals surface area contributed by atoms with E-state index in [2.05, 4.69) is 15.9 Å². The molecule has 4 heteroatoms. The first kappa shape index (κ1) is 11.7. The van der Waals surface area contributed by atoms with Crippen molar-refractivity contribution in [3.63, 3.8) is 0 Å². The first-order valence-corrected chi connectivity index (χ1v) is 2.42. The first-order valence-electron chi connectivity index (χ1n) is 1.61. The predicted molar refractivity (Wildman–Crippen MR) is 24.5 cm³/mol. The summed E-state index contributed by atoms with van der Waals surface area (Å²) in [6.07, 6.45) is 0. The van der Waals surface area contributed by atoms with E-state index in [-0.39, 0.29) is 40.8 Å². The van der Waals surface area contributed by atoms with Gasteiger partial charge in [0.15, 0.2) is 0 Å². The summed E-state index contributed by atoms with van der Waals surface area (Å²) >= 11 is 1.38. The van der Waals surface area contributed by atoms with Crippen LogP contribution >= 0.6 is 11.3 Å². The summed E-state index contributed by atoms with van der Waals surface area (Å²) in [4.78, 5) is 3.75. The number of hydrogen-bond acceptors (Lipinski definition) is 2. The van der Waals surface area contributed by atoms with E-state index in [0.29, 0.717) is 0 Å². The second-order valence-electron chi connectivity index (χ2n) is 0.993. The Hall–Kier alpha value is 0.955. The monoisotopic (exact) mass is 471 g/mol. The van der Waals surface area contributed by atoms with Crippen LogP contribution in [0.4, 0.5) is 0 Å². The van der Waals surface area contributed by atoms with Crippen LogP contribution in [-0.4, -0.2) is 4.98 Å². The molecule has 2 radical (unpaired) electrons. The van der Waals surface area contributed by atoms with Gasteiger partial charge in [0.2, 0.25) is 0 Å². The molecule has 0 saturated carbocycles. The molecule has 1 nitrogen and oxygen atoms in total. The number of nitrogens with zero attached hydrogens (tertiary/aromatic N) is 1. The molecular formula is C4H3NRe2S-2. The molecule has 0 atom stereocenters. The zero-order valence-corrected chi connectivity index (χ0v) is 10.4. The van der Waals surface area contributed by atoms with Crippen molar-refractivity contribution in [1.29, 1.82) is 0 Å². The van der Waals surface area contributed by atoms with Crippen LogP contribution in [0.5, 0.6) is 0 Å². The third-order valence-corrected chi connectivity index (χ3v) is 1.04. The molecule has 0 fully saturated rings. The fraction of sp³-hybridized carbons (Fsp3) is 0.250. The first-order chi connectivity index (χ1) is 2.89. The molecule has 46 valence electrons. The molecule has 0 aliphatic heterocycles. The van der Waals surface area contributed by atoms with E-state index in [1.54, 1.807) is 0 Å². The van der Waals surface area contributed by atoms with Gasteiger partial charge in [0.05, 0.1) is 0 Å². The van der Waals surface area contributed by atoms with Crippen LogP contribution < -0.4 is 0 Å². The van der Waals surface area contributed by atoms with Gasteiger partial charge in [0, 0.05) is 40.8 Å². The van der Waals surface area contributed by atoms with Crippen molar-refractivity contribution in [3.8, 4) is 0 Å². The largest absolute Gasteiger partial charge is 0.573 e. The van der Waals surface area contributed by atoms with E-state index in [0.717, 1.165) is 5.69 Å². The number of thiazole rings is 1. The van der Waals surface area contributed by atoms with E-state index < -0.39 is 0 Å². The molecule has 0 aliphatic carbocycles. The predicted octanol–water partition coefficient (Wildman–Crippen LogP) is 1.05. The molecule has 1 heterocycles. The van der Waals surface area contributed by atoms with Gasteiger partial charge in [-0.3, -0.25) is 0 Å². The molecule has 0 spiro atoms. The normalized spacial score (nSPS) is 6.62. The van der Waals surface area contributed by atoms with Gasteiger partial charge in [-0.2, -0.15) is 5.69 Å². The summed E-state index contributed by atoms with van der Waals surface area (Å²) in [5.41, 5.74) is 3.60. The van der Waals surface area contributed by atoms with Crippen LogP contribution in [0.15, 0.2) is 0 Å². The van der Waals surface area contributed by atoms with Crippen LogP contribution in [0.2, 0.25) is 0 Å². The molecular weight excluding hydrogens is 467 g/mol. The maximum atomic E-state index is 3.75. The Bertz CT molecular complexity index is 118. The van der Waals surface area contributed by atoms with Gasteiger partial charge in [-0.1, -0.05) is 6.92 Å². The summed E-state index contributed by atoms with van der Waals surface area (Å²) in [7, 11) is 0. The average molecular weight is 470 g/mol. The summed E-state index contributed by atoms with van der Waals surface area (Å²) in [6, 6.07) is 0. The molecule has 0 aromatic carbocycles. The van der Waals surface area contributed by atoms with E-state index in [1.165, 1.54) is 11.3 Å². The quantitative estimate of drug-likeness (QED) is 0.518. The zero-order chi connectivity index (χ0) is 4.41. The Morgan fingerprint density at radius 2 is 2.12 bits per heavy atom. The van der Waals surface area contributed by atoms with Crippen LogP contribution in [-0.2, 0) is 40.8 Å². The molecule has 1 aromatic rings. The maximum absolute atomic E-state index is 3.75. The minimum atomic E-state index is 0. The molecule has 0 amide bonds. The van der Waals surface area contributed by atoms with E-state index in [4.69, 9.17) is 0 Å². The topological polar surface area (TPSA) is 12.9 Å². The minimum absolute atomic E-state index is 0. The third-order valence-electron chi connectivity index (χ3n) is 0.458. The Balaban J connectivity index is 0. The zero-order valence-electron chi connectivity index (χ0n) is 4.11. The molecule has 0 saturated heterocycles. The van der Waals surface area contributed by atoms with Crippen LogP contribution in [0, 0.1) is 17.8 Å². The van der Waals surface area contributed by atoms with Gasteiger partial charge < -0.3 is 27.2 Å². The van der Waals surface area contributed by atoms with Crippen molar-refractivity contribution in [2.45, 2.75) is 6.92 Å². The second kappa shape index (κ2) is 6.08. The second-order valence-corrected chi connectivity index (χ2v) is 1.58. The molecule has 0 aliphatic rings. The van der Waals surface area contributed by atoms with Crippen molar-refractivity contribution in [3.05, 3.63) is 16.6 Å². The van der Waals surface area contributed by atoms with Crippen molar-refractivity contribution in [1.82, 2.24) is 4.98 Å². The molecule has 1 rings (SSSR count). The van der Waals surface area contributed by atoms with Gasteiger partial charge >= 0.3 is 0 Å². The van der Waals surface area contributed by atoms with Crippen LogP contribution in [0.25, 0.3) is 0 Å². The molecule has 1 aromatic heterocycles. The van der Waals surface area contributed by atoms with E-state index in [9.17, 15) is 0 Å². The minimum Gasteiger partial charge on any atom is -0.573 e. The molecule has 0 unspecified atom stereocenters. The summed E-state index contributed by atoms with van der Waals surface area (Å²) in [6.45, 7) is 1.90. The van der Waals surface area contributed by atoms with Crippen molar-refractivity contribution >= 4 is 11.3 Å². The summed E-state index contributed by atoms with van der Waals surface area (Å²) in [5.74, 6) is 0. The fourth-order valence-corrected chi connectivity index (χ4v) is 0.632. The Labute approximate surface area is 80.2 Å². The van der Waals surface area contributed by atoms with Gasteiger partial charge in [0.25, 0.3) is 0 Å². The smallest absolute Gasteiger partial charge is 0 e. The van der Waals surface area contributed by atoms with Crippen molar-refractivity contribution < 1.29 is 40.8 Å². The number of rotatable bonds is 0. The van der Waals surface area contributed by atoms with Crippen LogP contribution in [0.3, 0.4) is 0 Å². The fourth-order valence-electron chi connectivity index (χ4n) is 0.211. The Morgan fingerprint density at radius 3 is 2.25 bits per heavy atom. The Morgan fingerprint density at radius 1 is 1.50 bits per heavy atom. The van der Waals surface area contributed by atoms with Gasteiger partial charge in [-0.15, -0.1) is 0 Å². The molecule has 8 heavy (non-hydrogen) atoms. The van der Waals surface area contributed by atoms with E-state index in [1.807, 2.05) is 6.92 Å². The number of aromatic nitrogens is 1. The molecule has 0 bridgehead atoms. The van der Waals surface area contributed by atoms with Crippen molar-refractivity contribution in [2.24, 2.45) is 0 Å².